The number of rotatable bonds is 3. The molecule has 0 saturated heterocycles. The Morgan fingerprint density at radius 2 is 1.92 bits per heavy atom. The van der Waals surface area contributed by atoms with Gasteiger partial charge >= 0.3 is 6.09 Å². The van der Waals surface area contributed by atoms with Crippen LogP contribution in [0.15, 0.2) is 59.0 Å². The Kier molecular flexibility index (Phi) is 4.99. The van der Waals surface area contributed by atoms with E-state index in [0.717, 1.165) is 51.1 Å². The van der Waals surface area contributed by atoms with Gasteiger partial charge in [0.25, 0.3) is 0 Å². The van der Waals surface area contributed by atoms with Crippen LogP contribution >= 0.6 is 0 Å². The lowest BCUT2D eigenvalue weighted by Crippen LogP contribution is -2.37. The number of H-pyrrole nitrogens is 1. The highest BCUT2D eigenvalue weighted by molar-refractivity contribution is 5.97. The summed E-state index contributed by atoms with van der Waals surface area (Å²) in [5, 5.41) is 4.05. The maximum Gasteiger partial charge on any atom is 0.419 e. The predicted octanol–water partition coefficient (Wildman–Crippen LogP) is 5.23. The van der Waals surface area contributed by atoms with Crippen LogP contribution in [0, 0.1) is 11.3 Å². The van der Waals surface area contributed by atoms with Gasteiger partial charge in [-0.1, -0.05) is 25.1 Å². The summed E-state index contributed by atoms with van der Waals surface area (Å²) in [4.78, 5) is 38.8. The second-order valence-corrected chi connectivity index (χ2v) is 12.1. The minimum absolute atomic E-state index is 0.0651. The van der Waals surface area contributed by atoms with Crippen molar-refractivity contribution in [2.24, 2.45) is 16.3 Å². The first kappa shape index (κ1) is 23.9. The van der Waals surface area contributed by atoms with Crippen LogP contribution in [0.1, 0.15) is 50.2 Å². The lowest BCUT2D eigenvalue weighted by molar-refractivity contribution is -0.126. The largest absolute Gasteiger partial charge is 0.443 e. The van der Waals surface area contributed by atoms with Crippen LogP contribution in [0.4, 0.5) is 4.79 Å². The number of nitrogens with zero attached hydrogens (tertiary/aromatic N) is 3. The number of aromatic amines is 1. The van der Waals surface area contributed by atoms with Crippen molar-refractivity contribution in [3.63, 3.8) is 0 Å². The second-order valence-electron chi connectivity index (χ2n) is 12.1. The molecule has 198 valence electrons. The summed E-state index contributed by atoms with van der Waals surface area (Å²) in [5.74, 6) is 1.89. The van der Waals surface area contributed by atoms with Crippen molar-refractivity contribution >= 4 is 40.2 Å². The third-order valence-corrected chi connectivity index (χ3v) is 8.17. The monoisotopic (exact) mass is 521 g/mol. The van der Waals surface area contributed by atoms with E-state index in [1.165, 1.54) is 11.1 Å². The molecule has 0 fully saturated rings. The molecule has 2 aromatic heterocycles. The second kappa shape index (κ2) is 8.15. The number of fused-ring (bicyclic) bond motifs is 4. The fourth-order valence-corrected chi connectivity index (χ4v) is 6.53. The number of nitrogens with one attached hydrogen (secondary N) is 2. The van der Waals surface area contributed by atoms with Gasteiger partial charge in [0.1, 0.15) is 17.2 Å². The van der Waals surface area contributed by atoms with Gasteiger partial charge in [-0.05, 0) is 80.5 Å². The van der Waals surface area contributed by atoms with E-state index in [-0.39, 0.29) is 17.9 Å². The summed E-state index contributed by atoms with van der Waals surface area (Å²) >= 11 is 0. The van der Waals surface area contributed by atoms with E-state index in [9.17, 15) is 9.59 Å². The van der Waals surface area contributed by atoms with Gasteiger partial charge in [0, 0.05) is 30.1 Å². The molecule has 1 aliphatic carbocycles. The standard InChI is InChI=1S/C31H31N5O3/c1-17-15-32-27-26(17)31(28(37)35-27)13-19-11-22-23(12-20(19)14-31)34-25(33-22)10-9-18-16-36(29(38)39-30(2,3)4)24-8-6-5-7-21(18)24/h5-8,11-12,15-17H,9-10,13-14H2,1-4H3,(H,33,34)(H,35,37). The van der Waals surface area contributed by atoms with Gasteiger partial charge in [0.2, 0.25) is 5.91 Å². The molecule has 0 radical (unpaired) electrons. The van der Waals surface area contributed by atoms with Crippen molar-refractivity contribution in [2.45, 2.75) is 59.0 Å². The van der Waals surface area contributed by atoms with Crippen molar-refractivity contribution in [3.05, 3.63) is 76.5 Å². The molecular weight excluding hydrogens is 490 g/mol. The molecule has 4 aromatic rings. The van der Waals surface area contributed by atoms with E-state index in [2.05, 4.69) is 34.3 Å². The lowest BCUT2D eigenvalue weighted by Gasteiger charge is -2.25. The summed E-state index contributed by atoms with van der Waals surface area (Å²) in [6.45, 7) is 7.72. The van der Waals surface area contributed by atoms with E-state index in [1.54, 1.807) is 4.57 Å². The highest BCUT2D eigenvalue weighted by Gasteiger charge is 2.54. The lowest BCUT2D eigenvalue weighted by atomic mass is 9.74. The number of ether oxygens (including phenoxy) is 1. The number of aryl methyl sites for hydroxylation is 2. The van der Waals surface area contributed by atoms with Gasteiger partial charge in [-0.25, -0.2) is 14.8 Å². The van der Waals surface area contributed by atoms with Gasteiger partial charge < -0.3 is 15.0 Å². The van der Waals surface area contributed by atoms with Gasteiger partial charge in [0.15, 0.2) is 0 Å². The van der Waals surface area contributed by atoms with Crippen molar-refractivity contribution in [3.8, 4) is 0 Å². The van der Waals surface area contributed by atoms with E-state index in [0.29, 0.717) is 19.3 Å². The molecule has 2 atom stereocenters. The highest BCUT2D eigenvalue weighted by Crippen LogP contribution is 2.51. The minimum Gasteiger partial charge on any atom is -0.443 e. The Morgan fingerprint density at radius 3 is 2.72 bits per heavy atom. The summed E-state index contributed by atoms with van der Waals surface area (Å²) in [6, 6.07) is 12.2. The zero-order valence-electron chi connectivity index (χ0n) is 22.6. The molecule has 3 aliphatic rings. The molecule has 1 amide bonds. The Morgan fingerprint density at radius 1 is 1.15 bits per heavy atom. The minimum atomic E-state index is -0.569. The average molecular weight is 522 g/mol. The third kappa shape index (κ3) is 3.72. The van der Waals surface area contributed by atoms with Gasteiger partial charge in [-0.2, -0.15) is 0 Å². The molecule has 39 heavy (non-hydrogen) atoms. The van der Waals surface area contributed by atoms with E-state index >= 15 is 0 Å². The van der Waals surface area contributed by atoms with Crippen LogP contribution in [0.3, 0.4) is 0 Å². The normalized spacial score (nSPS) is 19.4. The first-order valence-electron chi connectivity index (χ1n) is 13.5. The number of amides is 1. The number of carbonyl (C=O) groups excluding carboxylic acids is 2. The molecule has 4 heterocycles. The molecule has 2 aliphatic heterocycles. The summed E-state index contributed by atoms with van der Waals surface area (Å²) in [6.07, 6.45) is 6.25. The first-order chi connectivity index (χ1) is 18.6. The van der Waals surface area contributed by atoms with E-state index in [4.69, 9.17) is 9.72 Å². The van der Waals surface area contributed by atoms with Crippen LogP contribution in [-0.2, 0) is 35.2 Å². The topological polar surface area (TPSA) is 101 Å². The Balaban J connectivity index is 1.14. The fourth-order valence-electron chi connectivity index (χ4n) is 6.53. The predicted molar refractivity (Wildman–Crippen MR) is 150 cm³/mol. The average Bonchev–Trinajstić information content (AvgIpc) is 3.66. The maximum absolute atomic E-state index is 13.1. The molecular formula is C31H31N5O3. The zero-order chi connectivity index (χ0) is 27.1. The molecule has 0 bridgehead atoms. The fraction of sp³-hybridized carbons (Fsp3) is 0.355. The zero-order valence-corrected chi connectivity index (χ0v) is 22.6. The molecule has 2 aromatic carbocycles. The number of aromatic nitrogens is 3. The third-order valence-electron chi connectivity index (χ3n) is 8.17. The summed E-state index contributed by atoms with van der Waals surface area (Å²) in [5.41, 5.74) is 6.23. The first-order valence-corrected chi connectivity index (χ1v) is 13.5. The molecule has 7 rings (SSSR count). The SMILES string of the molecule is CC1C=NC2=C1C1(Cc3cc4nc(CCc5cn(C(=O)OC(C)(C)C)c6ccccc56)[nH]c4cc3C1)C(=O)N2. The summed E-state index contributed by atoms with van der Waals surface area (Å²) < 4.78 is 7.23. The Hall–Kier alpha value is -4.20. The number of para-hydroxylation sites is 1. The van der Waals surface area contributed by atoms with Crippen LogP contribution in [0.25, 0.3) is 21.9 Å². The van der Waals surface area contributed by atoms with Crippen LogP contribution in [0.5, 0.6) is 0 Å². The number of imidazole rings is 1. The van der Waals surface area contributed by atoms with E-state index in [1.807, 2.05) is 57.4 Å². The van der Waals surface area contributed by atoms with Crippen molar-refractivity contribution in [2.75, 3.05) is 0 Å². The maximum atomic E-state index is 13.1. The smallest absolute Gasteiger partial charge is 0.419 e. The van der Waals surface area contributed by atoms with Gasteiger partial charge in [-0.3, -0.25) is 9.36 Å². The quantitative estimate of drug-likeness (QED) is 0.385. The number of carbonyl (C=O) groups is 2. The van der Waals surface area contributed by atoms with Crippen LogP contribution in [-0.4, -0.2) is 38.4 Å². The molecule has 1 spiro atoms. The summed E-state index contributed by atoms with van der Waals surface area (Å²) in [7, 11) is 0. The molecule has 2 unspecified atom stereocenters. The van der Waals surface area contributed by atoms with Crippen LogP contribution < -0.4 is 5.32 Å². The number of hydrogen-bond acceptors (Lipinski definition) is 5. The molecule has 2 N–H and O–H groups in total. The van der Waals surface area contributed by atoms with E-state index < -0.39 is 11.0 Å². The molecule has 8 nitrogen and oxygen atoms in total. The highest BCUT2D eigenvalue weighted by atomic mass is 16.6. The van der Waals surface area contributed by atoms with Gasteiger partial charge in [0.05, 0.1) is 22.0 Å². The number of benzene rings is 2. The van der Waals surface area contributed by atoms with Crippen LogP contribution in [0.2, 0.25) is 0 Å². The van der Waals surface area contributed by atoms with Gasteiger partial charge in [-0.15, -0.1) is 0 Å². The Bertz CT molecular complexity index is 1720. The number of aliphatic imine (C=N–C) groups is 1. The number of hydrogen-bond donors (Lipinski definition) is 2. The molecule has 0 saturated carbocycles. The van der Waals surface area contributed by atoms with Crippen molar-refractivity contribution < 1.29 is 14.3 Å². The van der Waals surface area contributed by atoms with Crippen molar-refractivity contribution in [1.82, 2.24) is 19.9 Å². The Labute approximate surface area is 226 Å². The molecule has 8 heteroatoms. The van der Waals surface area contributed by atoms with Crippen molar-refractivity contribution in [1.29, 1.82) is 0 Å².